The molecule has 0 bridgehead atoms. The summed E-state index contributed by atoms with van der Waals surface area (Å²) in [5, 5.41) is 14.5. The summed E-state index contributed by atoms with van der Waals surface area (Å²) in [6, 6.07) is 6.51. The quantitative estimate of drug-likeness (QED) is 0.588. The van der Waals surface area contributed by atoms with Gasteiger partial charge in [0.15, 0.2) is 0 Å². The molecule has 25 heavy (non-hydrogen) atoms. The Balaban J connectivity index is 0.00000312. The van der Waals surface area contributed by atoms with E-state index in [1.165, 1.54) is 6.07 Å². The number of hydrogen-bond donors (Lipinski definition) is 1. The Kier molecular flexibility index (Phi) is 8.65. The molecule has 0 atom stereocenters. The summed E-state index contributed by atoms with van der Waals surface area (Å²) in [7, 11) is 1.72. The first-order valence-electron chi connectivity index (χ1n) is 8.46. The molecule has 1 amide bonds. The standard InChI is InChI=1S/C17H26N4O3.ClH/c1-3-18-12-14-8-10-20(11-9-14)17(22)13-19(2)15-6-4-5-7-16(15)21(23)24;/h4-7,14,18H,3,8-13H2,1-2H3;1H. The highest BCUT2D eigenvalue weighted by atomic mass is 35.5. The zero-order valence-electron chi connectivity index (χ0n) is 14.8. The zero-order valence-corrected chi connectivity index (χ0v) is 15.6. The number of rotatable bonds is 7. The van der Waals surface area contributed by atoms with Crippen LogP contribution < -0.4 is 10.2 Å². The van der Waals surface area contributed by atoms with Crippen LogP contribution in [0.25, 0.3) is 0 Å². The number of nitrogens with one attached hydrogen (secondary N) is 1. The second-order valence-electron chi connectivity index (χ2n) is 6.23. The summed E-state index contributed by atoms with van der Waals surface area (Å²) in [5.41, 5.74) is 0.495. The second kappa shape index (κ2) is 10.2. The fourth-order valence-electron chi connectivity index (χ4n) is 3.06. The van der Waals surface area contributed by atoms with Gasteiger partial charge in [0, 0.05) is 26.2 Å². The molecule has 0 saturated carbocycles. The van der Waals surface area contributed by atoms with E-state index in [0.717, 1.165) is 39.0 Å². The molecule has 1 aliphatic rings. The summed E-state index contributed by atoms with van der Waals surface area (Å²) < 4.78 is 0. The van der Waals surface area contributed by atoms with Gasteiger partial charge in [-0.1, -0.05) is 19.1 Å². The molecule has 0 aliphatic carbocycles. The minimum absolute atomic E-state index is 0. The van der Waals surface area contributed by atoms with Crippen molar-refractivity contribution in [2.24, 2.45) is 5.92 Å². The maximum atomic E-state index is 12.5. The van der Waals surface area contributed by atoms with Crippen LogP contribution in [0.3, 0.4) is 0 Å². The normalized spacial score (nSPS) is 14.7. The maximum Gasteiger partial charge on any atom is 0.292 e. The van der Waals surface area contributed by atoms with E-state index in [-0.39, 0.29) is 30.5 Å². The number of piperidine rings is 1. The van der Waals surface area contributed by atoms with Crippen molar-refractivity contribution < 1.29 is 9.72 Å². The Morgan fingerprint density at radius 1 is 1.36 bits per heavy atom. The Labute approximate surface area is 154 Å². The molecule has 1 heterocycles. The minimum atomic E-state index is -0.414. The number of anilines is 1. The summed E-state index contributed by atoms with van der Waals surface area (Å²) in [5.74, 6) is 0.652. The van der Waals surface area contributed by atoms with Crippen LogP contribution >= 0.6 is 12.4 Å². The van der Waals surface area contributed by atoms with Gasteiger partial charge in [0.1, 0.15) is 5.69 Å². The summed E-state index contributed by atoms with van der Waals surface area (Å²) in [4.78, 5) is 26.7. The van der Waals surface area contributed by atoms with Gasteiger partial charge in [0.05, 0.1) is 11.5 Å². The predicted molar refractivity (Wildman–Crippen MR) is 101 cm³/mol. The first-order chi connectivity index (χ1) is 11.5. The highest BCUT2D eigenvalue weighted by Crippen LogP contribution is 2.26. The van der Waals surface area contributed by atoms with Gasteiger partial charge in [-0.25, -0.2) is 0 Å². The molecular formula is C17H27ClN4O3. The second-order valence-corrected chi connectivity index (χ2v) is 6.23. The van der Waals surface area contributed by atoms with E-state index in [0.29, 0.717) is 11.6 Å². The van der Waals surface area contributed by atoms with Crippen LogP contribution in [0, 0.1) is 16.0 Å². The van der Waals surface area contributed by atoms with Gasteiger partial charge in [0.25, 0.3) is 5.69 Å². The number of benzene rings is 1. The van der Waals surface area contributed by atoms with E-state index in [1.54, 1.807) is 30.1 Å². The number of halogens is 1. The third kappa shape index (κ3) is 5.86. The number of amides is 1. The van der Waals surface area contributed by atoms with Crippen LogP contribution in [0.1, 0.15) is 19.8 Å². The van der Waals surface area contributed by atoms with Crippen LogP contribution in [0.2, 0.25) is 0 Å². The molecule has 1 saturated heterocycles. The monoisotopic (exact) mass is 370 g/mol. The van der Waals surface area contributed by atoms with Crippen LogP contribution in [-0.2, 0) is 4.79 Å². The topological polar surface area (TPSA) is 78.7 Å². The SMILES string of the molecule is CCNCC1CCN(C(=O)CN(C)c2ccccc2[N+](=O)[O-])CC1.Cl. The zero-order chi connectivity index (χ0) is 17.5. The lowest BCUT2D eigenvalue weighted by atomic mass is 9.96. The number of likely N-dealkylation sites (N-methyl/N-ethyl adjacent to an activating group) is 1. The smallest absolute Gasteiger partial charge is 0.292 e. The van der Waals surface area contributed by atoms with Gasteiger partial charge in [-0.15, -0.1) is 12.4 Å². The molecule has 8 heteroatoms. The fourth-order valence-corrected chi connectivity index (χ4v) is 3.06. The van der Waals surface area contributed by atoms with E-state index in [2.05, 4.69) is 12.2 Å². The Morgan fingerprint density at radius 3 is 2.60 bits per heavy atom. The Hall–Kier alpha value is -1.86. The Morgan fingerprint density at radius 2 is 2.00 bits per heavy atom. The summed E-state index contributed by atoms with van der Waals surface area (Å²) >= 11 is 0. The highest BCUT2D eigenvalue weighted by molar-refractivity contribution is 5.85. The van der Waals surface area contributed by atoms with Crippen molar-refractivity contribution in [3.8, 4) is 0 Å². The van der Waals surface area contributed by atoms with Gasteiger partial charge in [-0.05, 0) is 37.9 Å². The molecule has 0 aromatic heterocycles. The Bertz CT molecular complexity index is 577. The van der Waals surface area contributed by atoms with Crippen molar-refractivity contribution in [1.82, 2.24) is 10.2 Å². The molecule has 0 spiro atoms. The van der Waals surface area contributed by atoms with Gasteiger partial charge in [0.2, 0.25) is 5.91 Å². The van der Waals surface area contributed by atoms with Gasteiger partial charge in [-0.3, -0.25) is 14.9 Å². The number of hydrogen-bond acceptors (Lipinski definition) is 5. The molecule has 1 aliphatic heterocycles. The average Bonchev–Trinajstić information content (AvgIpc) is 2.60. The molecule has 1 N–H and O–H groups in total. The lowest BCUT2D eigenvalue weighted by Crippen LogP contribution is -2.44. The van der Waals surface area contributed by atoms with Crippen LogP contribution in [-0.4, -0.2) is 55.5 Å². The summed E-state index contributed by atoms with van der Waals surface area (Å²) in [6.45, 7) is 5.76. The van der Waals surface area contributed by atoms with Crippen LogP contribution in [0.4, 0.5) is 11.4 Å². The van der Waals surface area contributed by atoms with E-state index in [4.69, 9.17) is 0 Å². The van der Waals surface area contributed by atoms with Crippen molar-refractivity contribution in [1.29, 1.82) is 0 Å². The van der Waals surface area contributed by atoms with Crippen molar-refractivity contribution >= 4 is 29.7 Å². The van der Waals surface area contributed by atoms with Crippen LogP contribution in [0.5, 0.6) is 0 Å². The fraction of sp³-hybridized carbons (Fsp3) is 0.588. The molecule has 1 fully saturated rings. The number of nitro groups is 1. The van der Waals surface area contributed by atoms with Crippen LogP contribution in [0.15, 0.2) is 24.3 Å². The summed E-state index contributed by atoms with van der Waals surface area (Å²) in [6.07, 6.45) is 2.02. The first kappa shape index (κ1) is 21.2. The number of likely N-dealkylation sites (tertiary alicyclic amines) is 1. The van der Waals surface area contributed by atoms with Crippen molar-refractivity contribution in [3.63, 3.8) is 0 Å². The molecule has 2 rings (SSSR count). The van der Waals surface area contributed by atoms with Gasteiger partial charge < -0.3 is 15.1 Å². The molecule has 0 unspecified atom stereocenters. The molecule has 1 aromatic carbocycles. The minimum Gasteiger partial charge on any atom is -0.360 e. The molecule has 140 valence electrons. The van der Waals surface area contributed by atoms with Gasteiger partial charge >= 0.3 is 0 Å². The third-order valence-corrected chi connectivity index (χ3v) is 4.51. The number of carbonyl (C=O) groups is 1. The number of nitrogens with zero attached hydrogens (tertiary/aromatic N) is 3. The van der Waals surface area contributed by atoms with Crippen molar-refractivity contribution in [2.75, 3.05) is 44.7 Å². The van der Waals surface area contributed by atoms with Crippen molar-refractivity contribution in [2.45, 2.75) is 19.8 Å². The van der Waals surface area contributed by atoms with Gasteiger partial charge in [-0.2, -0.15) is 0 Å². The van der Waals surface area contributed by atoms with E-state index < -0.39 is 4.92 Å². The molecular weight excluding hydrogens is 344 g/mol. The van der Waals surface area contributed by atoms with Crippen molar-refractivity contribution in [3.05, 3.63) is 34.4 Å². The lowest BCUT2D eigenvalue weighted by molar-refractivity contribution is -0.384. The molecule has 0 radical (unpaired) electrons. The highest BCUT2D eigenvalue weighted by Gasteiger charge is 2.24. The lowest BCUT2D eigenvalue weighted by Gasteiger charge is -2.33. The number of nitro benzene ring substituents is 1. The number of para-hydroxylation sites is 2. The van der Waals surface area contributed by atoms with E-state index in [1.807, 2.05) is 4.90 Å². The predicted octanol–water partition coefficient (Wildman–Crippen LogP) is 2.30. The maximum absolute atomic E-state index is 12.5. The number of carbonyl (C=O) groups excluding carboxylic acids is 1. The average molecular weight is 371 g/mol. The molecule has 7 nitrogen and oxygen atoms in total. The van der Waals surface area contributed by atoms with E-state index >= 15 is 0 Å². The first-order valence-corrected chi connectivity index (χ1v) is 8.46. The van der Waals surface area contributed by atoms with E-state index in [9.17, 15) is 14.9 Å². The molecule has 1 aromatic rings. The largest absolute Gasteiger partial charge is 0.360 e. The third-order valence-electron chi connectivity index (χ3n) is 4.51.